The highest BCUT2D eigenvalue weighted by atomic mass is 16.3. The van der Waals surface area contributed by atoms with Gasteiger partial charge in [0.05, 0.1) is 23.8 Å². The van der Waals surface area contributed by atoms with Gasteiger partial charge in [0.1, 0.15) is 5.76 Å². The number of hydrogen-bond donors (Lipinski definition) is 0. The minimum absolute atomic E-state index is 0.747. The lowest BCUT2D eigenvalue weighted by molar-refractivity contribution is 0.311. The molecule has 1 fully saturated rings. The summed E-state index contributed by atoms with van der Waals surface area (Å²) in [7, 11) is 2.13. The van der Waals surface area contributed by atoms with Crippen molar-refractivity contribution in [2.45, 2.75) is 6.92 Å². The third kappa shape index (κ3) is 3.10. The van der Waals surface area contributed by atoms with Crippen LogP contribution in [0.4, 0.5) is 5.95 Å². The summed E-state index contributed by atoms with van der Waals surface area (Å²) >= 11 is 0. The van der Waals surface area contributed by atoms with Crippen molar-refractivity contribution in [1.82, 2.24) is 24.8 Å². The van der Waals surface area contributed by atoms with E-state index in [1.807, 2.05) is 19.2 Å². The van der Waals surface area contributed by atoms with Gasteiger partial charge in [-0.05, 0) is 20.0 Å². The largest absolute Gasteiger partial charge is 0.469 e. The third-order valence-corrected chi connectivity index (χ3v) is 4.52. The monoisotopic (exact) mass is 336 g/mol. The lowest BCUT2D eigenvalue weighted by Gasteiger charge is -2.32. The van der Waals surface area contributed by atoms with E-state index in [0.29, 0.717) is 0 Å². The second-order valence-electron chi connectivity index (χ2n) is 6.20. The lowest BCUT2D eigenvalue weighted by Crippen LogP contribution is -2.45. The maximum atomic E-state index is 5.49. The van der Waals surface area contributed by atoms with E-state index in [4.69, 9.17) is 9.40 Å². The molecule has 0 atom stereocenters. The molecule has 1 aliphatic heterocycles. The molecule has 0 N–H and O–H groups in total. The Morgan fingerprint density at radius 2 is 1.84 bits per heavy atom. The van der Waals surface area contributed by atoms with Crippen molar-refractivity contribution in [2.24, 2.45) is 0 Å². The van der Waals surface area contributed by atoms with E-state index < -0.39 is 0 Å². The second kappa shape index (κ2) is 6.60. The molecule has 0 bridgehead atoms. The first kappa shape index (κ1) is 15.7. The van der Waals surface area contributed by atoms with Gasteiger partial charge in [-0.1, -0.05) is 0 Å². The minimum Gasteiger partial charge on any atom is -0.469 e. The maximum absolute atomic E-state index is 5.49. The van der Waals surface area contributed by atoms with Crippen LogP contribution in [0.2, 0.25) is 0 Å². The number of anilines is 1. The molecule has 0 unspecified atom stereocenters. The van der Waals surface area contributed by atoms with E-state index in [1.165, 1.54) is 0 Å². The molecule has 0 aliphatic carbocycles. The van der Waals surface area contributed by atoms with Gasteiger partial charge in [0, 0.05) is 55.9 Å². The summed E-state index contributed by atoms with van der Waals surface area (Å²) in [5.74, 6) is 1.57. The molecular weight excluding hydrogens is 316 g/mol. The van der Waals surface area contributed by atoms with Crippen LogP contribution in [-0.2, 0) is 0 Å². The molecule has 1 aliphatic rings. The Morgan fingerprint density at radius 1 is 1.00 bits per heavy atom. The number of rotatable bonds is 3. The summed E-state index contributed by atoms with van der Waals surface area (Å²) in [4.78, 5) is 22.6. The van der Waals surface area contributed by atoms with Crippen molar-refractivity contribution >= 4 is 5.95 Å². The van der Waals surface area contributed by atoms with Crippen LogP contribution in [0, 0.1) is 6.92 Å². The van der Waals surface area contributed by atoms with Crippen molar-refractivity contribution in [3.8, 4) is 22.5 Å². The molecular formula is C18H20N6O. The average Bonchev–Trinajstić information content (AvgIpc) is 3.08. The molecule has 0 saturated carbocycles. The van der Waals surface area contributed by atoms with E-state index in [2.05, 4.69) is 31.8 Å². The summed E-state index contributed by atoms with van der Waals surface area (Å²) in [6, 6.07) is 1.94. The first-order valence-electron chi connectivity index (χ1n) is 8.34. The smallest absolute Gasteiger partial charge is 0.225 e. The van der Waals surface area contributed by atoms with Crippen LogP contribution in [0.5, 0.6) is 0 Å². The molecule has 0 amide bonds. The van der Waals surface area contributed by atoms with Gasteiger partial charge < -0.3 is 14.2 Å². The van der Waals surface area contributed by atoms with Gasteiger partial charge in [-0.2, -0.15) is 0 Å². The van der Waals surface area contributed by atoms with Gasteiger partial charge in [0.2, 0.25) is 5.95 Å². The highest BCUT2D eigenvalue weighted by Crippen LogP contribution is 2.32. The van der Waals surface area contributed by atoms with Crippen LogP contribution in [0.1, 0.15) is 5.76 Å². The molecule has 0 spiro atoms. The molecule has 3 aromatic heterocycles. The van der Waals surface area contributed by atoms with E-state index in [1.54, 1.807) is 24.9 Å². The zero-order valence-electron chi connectivity index (χ0n) is 14.4. The Balaban J connectivity index is 1.79. The fraction of sp³-hybridized carbons (Fsp3) is 0.333. The Kier molecular flexibility index (Phi) is 4.15. The zero-order chi connectivity index (χ0) is 17.2. The van der Waals surface area contributed by atoms with Crippen LogP contribution in [0.25, 0.3) is 22.5 Å². The van der Waals surface area contributed by atoms with Crippen molar-refractivity contribution in [3.05, 3.63) is 42.9 Å². The van der Waals surface area contributed by atoms with Gasteiger partial charge in [-0.25, -0.2) is 9.97 Å². The number of piperazine rings is 1. The fourth-order valence-corrected chi connectivity index (χ4v) is 2.99. The normalized spacial score (nSPS) is 15.5. The average molecular weight is 336 g/mol. The standard InChI is InChI=1S/C18H20N6O/c1-13-14(3-10-25-13)17-15(16-12-19-4-5-20-16)11-21-18(22-17)24-8-6-23(2)7-9-24/h3-5,10-12H,6-9H2,1-2H3. The van der Waals surface area contributed by atoms with Crippen LogP contribution in [0.15, 0.2) is 41.5 Å². The maximum Gasteiger partial charge on any atom is 0.225 e. The first-order valence-corrected chi connectivity index (χ1v) is 8.34. The molecule has 4 rings (SSSR count). The van der Waals surface area contributed by atoms with Crippen LogP contribution < -0.4 is 4.90 Å². The molecule has 3 aromatic rings. The van der Waals surface area contributed by atoms with Gasteiger partial charge in [0.15, 0.2) is 0 Å². The SMILES string of the molecule is Cc1occc1-c1nc(N2CCN(C)CC2)ncc1-c1cnccn1. The number of aryl methyl sites for hydroxylation is 1. The molecule has 1 saturated heterocycles. The van der Waals surface area contributed by atoms with Crippen molar-refractivity contribution in [1.29, 1.82) is 0 Å². The second-order valence-corrected chi connectivity index (χ2v) is 6.20. The van der Waals surface area contributed by atoms with Gasteiger partial charge in [-0.3, -0.25) is 9.97 Å². The van der Waals surface area contributed by atoms with Gasteiger partial charge in [0.25, 0.3) is 0 Å². The number of hydrogen-bond acceptors (Lipinski definition) is 7. The van der Waals surface area contributed by atoms with E-state index in [0.717, 1.165) is 60.4 Å². The highest BCUT2D eigenvalue weighted by molar-refractivity contribution is 5.79. The number of furan rings is 1. The van der Waals surface area contributed by atoms with E-state index in [9.17, 15) is 0 Å². The highest BCUT2D eigenvalue weighted by Gasteiger charge is 2.21. The molecule has 0 radical (unpaired) electrons. The summed E-state index contributed by atoms with van der Waals surface area (Å²) in [6.45, 7) is 5.80. The number of likely N-dealkylation sites (N-methyl/N-ethyl adjacent to an activating group) is 1. The van der Waals surface area contributed by atoms with Crippen molar-refractivity contribution < 1.29 is 4.42 Å². The molecule has 7 heteroatoms. The van der Waals surface area contributed by atoms with E-state index in [-0.39, 0.29) is 0 Å². The molecule has 128 valence electrons. The molecule has 4 heterocycles. The molecule has 0 aromatic carbocycles. The zero-order valence-corrected chi connectivity index (χ0v) is 14.4. The Bertz CT molecular complexity index is 855. The third-order valence-electron chi connectivity index (χ3n) is 4.52. The Hall–Kier alpha value is -2.80. The first-order chi connectivity index (χ1) is 12.2. The summed E-state index contributed by atoms with van der Waals surface area (Å²) in [5.41, 5.74) is 3.40. The van der Waals surface area contributed by atoms with Gasteiger partial charge in [-0.15, -0.1) is 0 Å². The number of aromatic nitrogens is 4. The predicted molar refractivity (Wildman–Crippen MR) is 95.2 cm³/mol. The fourth-order valence-electron chi connectivity index (χ4n) is 2.99. The molecule has 25 heavy (non-hydrogen) atoms. The lowest BCUT2D eigenvalue weighted by atomic mass is 10.1. The van der Waals surface area contributed by atoms with Crippen molar-refractivity contribution in [3.63, 3.8) is 0 Å². The number of nitrogens with zero attached hydrogens (tertiary/aromatic N) is 6. The van der Waals surface area contributed by atoms with Gasteiger partial charge >= 0.3 is 0 Å². The Labute approximate surface area is 146 Å². The van der Waals surface area contributed by atoms with Crippen molar-refractivity contribution in [2.75, 3.05) is 38.1 Å². The van der Waals surface area contributed by atoms with E-state index >= 15 is 0 Å². The Morgan fingerprint density at radius 3 is 2.52 bits per heavy atom. The quantitative estimate of drug-likeness (QED) is 0.726. The topological polar surface area (TPSA) is 71.2 Å². The van der Waals surface area contributed by atoms with Crippen LogP contribution in [-0.4, -0.2) is 58.1 Å². The summed E-state index contributed by atoms with van der Waals surface area (Å²) in [6.07, 6.45) is 8.59. The van der Waals surface area contributed by atoms with Crippen LogP contribution >= 0.6 is 0 Å². The summed E-state index contributed by atoms with van der Waals surface area (Å²) in [5, 5.41) is 0. The summed E-state index contributed by atoms with van der Waals surface area (Å²) < 4.78 is 5.49. The van der Waals surface area contributed by atoms with Crippen LogP contribution in [0.3, 0.4) is 0 Å². The molecule has 7 nitrogen and oxygen atoms in total. The predicted octanol–water partition coefficient (Wildman–Crippen LogP) is 2.25. The minimum atomic E-state index is 0.747.